The van der Waals surface area contributed by atoms with E-state index in [1.807, 2.05) is 30.7 Å². The summed E-state index contributed by atoms with van der Waals surface area (Å²) in [6.45, 7) is 6.44. The fourth-order valence-corrected chi connectivity index (χ4v) is 1.94. The summed E-state index contributed by atoms with van der Waals surface area (Å²) >= 11 is 1.64. The number of hydrogen-bond acceptors (Lipinski definition) is 4. The maximum Gasteiger partial charge on any atom is 0.116 e. The molecular weight excluding hydrogens is 242 g/mol. The van der Waals surface area contributed by atoms with Crippen LogP contribution in [0.3, 0.4) is 0 Å². The number of aromatic nitrogens is 3. The molecule has 0 unspecified atom stereocenters. The lowest BCUT2D eigenvalue weighted by atomic mass is 9.91. The summed E-state index contributed by atoms with van der Waals surface area (Å²) in [6.07, 6.45) is 5.50. The normalized spacial score (nSPS) is 11.6. The third-order valence-corrected chi connectivity index (χ3v) is 3.34. The molecule has 2 rings (SSSR count). The third-order valence-electron chi connectivity index (χ3n) is 2.68. The molecule has 0 radical (unpaired) electrons. The summed E-state index contributed by atoms with van der Waals surface area (Å²) in [7, 11) is 0. The Balaban J connectivity index is 2.38. The largest absolute Gasteiger partial charge is 0.249 e. The lowest BCUT2D eigenvalue weighted by Gasteiger charge is -2.17. The molecule has 0 aromatic carbocycles. The van der Waals surface area contributed by atoms with Crippen molar-refractivity contribution in [3.05, 3.63) is 36.4 Å². The fourth-order valence-electron chi connectivity index (χ4n) is 1.58. The fraction of sp³-hybridized carbons (Fsp3) is 0.357. The van der Waals surface area contributed by atoms with Gasteiger partial charge in [-0.2, -0.15) is 0 Å². The Kier molecular flexibility index (Phi) is 3.66. The van der Waals surface area contributed by atoms with Gasteiger partial charge in [-0.3, -0.25) is 0 Å². The summed E-state index contributed by atoms with van der Waals surface area (Å²) < 4.78 is 0. The molecule has 4 heteroatoms. The van der Waals surface area contributed by atoms with Crippen molar-refractivity contribution in [1.82, 2.24) is 15.0 Å². The van der Waals surface area contributed by atoms with Gasteiger partial charge in [-0.25, -0.2) is 15.0 Å². The van der Waals surface area contributed by atoms with Crippen molar-refractivity contribution in [3.8, 4) is 11.3 Å². The van der Waals surface area contributed by atoms with Crippen LogP contribution in [0, 0.1) is 0 Å². The molecule has 3 nitrogen and oxygen atoms in total. The van der Waals surface area contributed by atoms with Crippen LogP contribution in [0.15, 0.2) is 35.7 Å². The molecule has 0 saturated carbocycles. The minimum Gasteiger partial charge on any atom is -0.249 e. The van der Waals surface area contributed by atoms with Crippen LogP contribution in [0.4, 0.5) is 0 Å². The molecule has 2 aromatic rings. The first-order valence-electron chi connectivity index (χ1n) is 5.83. The van der Waals surface area contributed by atoms with Gasteiger partial charge in [0, 0.05) is 22.9 Å². The van der Waals surface area contributed by atoms with E-state index in [4.69, 9.17) is 0 Å². The standard InChI is InChI=1S/C14H17N3S/c1-14(2,3)12-7-11(16-9-17-12)10-5-6-13(18-4)15-8-10/h5-9H,1-4H3. The van der Waals surface area contributed by atoms with Gasteiger partial charge in [0.15, 0.2) is 0 Å². The van der Waals surface area contributed by atoms with Crippen LogP contribution in [0.1, 0.15) is 26.5 Å². The molecule has 0 fully saturated rings. The SMILES string of the molecule is CSc1ccc(-c2cc(C(C)(C)C)ncn2)cn1. The summed E-state index contributed by atoms with van der Waals surface area (Å²) in [5.41, 5.74) is 3.03. The molecule has 0 bridgehead atoms. The lowest BCUT2D eigenvalue weighted by Crippen LogP contribution is -2.13. The van der Waals surface area contributed by atoms with E-state index in [2.05, 4.69) is 35.7 Å². The van der Waals surface area contributed by atoms with E-state index < -0.39 is 0 Å². The number of rotatable bonds is 2. The molecule has 0 atom stereocenters. The molecule has 0 spiro atoms. The van der Waals surface area contributed by atoms with E-state index in [9.17, 15) is 0 Å². The number of pyridine rings is 1. The average molecular weight is 259 g/mol. The van der Waals surface area contributed by atoms with Crippen LogP contribution < -0.4 is 0 Å². The maximum atomic E-state index is 4.37. The first-order valence-corrected chi connectivity index (χ1v) is 7.06. The molecule has 18 heavy (non-hydrogen) atoms. The molecule has 0 amide bonds. The Morgan fingerprint density at radius 2 is 1.83 bits per heavy atom. The van der Waals surface area contributed by atoms with Gasteiger partial charge in [0.05, 0.1) is 10.7 Å². The number of hydrogen-bond donors (Lipinski definition) is 0. The Morgan fingerprint density at radius 3 is 2.39 bits per heavy atom. The highest BCUT2D eigenvalue weighted by molar-refractivity contribution is 7.98. The van der Waals surface area contributed by atoms with E-state index in [0.717, 1.165) is 22.0 Å². The zero-order valence-corrected chi connectivity index (χ0v) is 12.0. The smallest absolute Gasteiger partial charge is 0.116 e. The van der Waals surface area contributed by atoms with E-state index in [1.165, 1.54) is 0 Å². The molecule has 0 saturated heterocycles. The molecule has 0 aliphatic rings. The topological polar surface area (TPSA) is 38.7 Å². The zero-order chi connectivity index (χ0) is 13.2. The molecule has 0 aliphatic heterocycles. The summed E-state index contributed by atoms with van der Waals surface area (Å²) in [6, 6.07) is 6.10. The van der Waals surface area contributed by atoms with Crippen molar-refractivity contribution in [2.24, 2.45) is 0 Å². The number of nitrogens with zero attached hydrogens (tertiary/aromatic N) is 3. The molecule has 2 heterocycles. The first-order chi connectivity index (χ1) is 8.50. The molecule has 0 aliphatic carbocycles. The number of thioether (sulfide) groups is 1. The van der Waals surface area contributed by atoms with Gasteiger partial charge in [0.25, 0.3) is 0 Å². The minimum absolute atomic E-state index is 0.0321. The molecular formula is C14H17N3S. The highest BCUT2D eigenvalue weighted by Crippen LogP contribution is 2.24. The van der Waals surface area contributed by atoms with Gasteiger partial charge in [-0.05, 0) is 24.5 Å². The Hall–Kier alpha value is -1.42. The summed E-state index contributed by atoms with van der Waals surface area (Å²) in [5.74, 6) is 0. The average Bonchev–Trinajstić information content (AvgIpc) is 2.38. The van der Waals surface area contributed by atoms with Crippen molar-refractivity contribution in [2.75, 3.05) is 6.26 Å². The zero-order valence-electron chi connectivity index (χ0n) is 11.1. The third kappa shape index (κ3) is 2.88. The second-order valence-corrected chi connectivity index (χ2v) is 5.95. The van der Waals surface area contributed by atoms with Crippen LogP contribution in [0.2, 0.25) is 0 Å². The van der Waals surface area contributed by atoms with Crippen molar-refractivity contribution >= 4 is 11.8 Å². The lowest BCUT2D eigenvalue weighted by molar-refractivity contribution is 0.567. The van der Waals surface area contributed by atoms with E-state index in [-0.39, 0.29) is 5.41 Å². The quantitative estimate of drug-likeness (QED) is 0.773. The summed E-state index contributed by atoms with van der Waals surface area (Å²) in [4.78, 5) is 13.0. The van der Waals surface area contributed by atoms with Crippen LogP contribution in [0.25, 0.3) is 11.3 Å². The monoisotopic (exact) mass is 259 g/mol. The highest BCUT2D eigenvalue weighted by atomic mass is 32.2. The van der Waals surface area contributed by atoms with Crippen LogP contribution in [-0.4, -0.2) is 21.2 Å². The van der Waals surface area contributed by atoms with Gasteiger partial charge in [-0.1, -0.05) is 20.8 Å². The van der Waals surface area contributed by atoms with Crippen LogP contribution in [0.5, 0.6) is 0 Å². The summed E-state index contributed by atoms with van der Waals surface area (Å²) in [5, 5.41) is 1.02. The Labute approximate surface area is 112 Å². The van der Waals surface area contributed by atoms with Gasteiger partial charge in [0.1, 0.15) is 6.33 Å². The Morgan fingerprint density at radius 1 is 1.06 bits per heavy atom. The predicted molar refractivity (Wildman–Crippen MR) is 75.7 cm³/mol. The second-order valence-electron chi connectivity index (χ2n) is 5.13. The van der Waals surface area contributed by atoms with E-state index in [0.29, 0.717) is 0 Å². The minimum atomic E-state index is 0.0321. The predicted octanol–water partition coefficient (Wildman–Crippen LogP) is 3.56. The van der Waals surface area contributed by atoms with Crippen molar-refractivity contribution in [1.29, 1.82) is 0 Å². The molecule has 2 aromatic heterocycles. The van der Waals surface area contributed by atoms with E-state index >= 15 is 0 Å². The van der Waals surface area contributed by atoms with E-state index in [1.54, 1.807) is 18.1 Å². The maximum absolute atomic E-state index is 4.37. The molecule has 0 N–H and O–H groups in total. The Bertz CT molecular complexity index is 529. The van der Waals surface area contributed by atoms with Gasteiger partial charge in [-0.15, -0.1) is 11.8 Å². The van der Waals surface area contributed by atoms with Crippen molar-refractivity contribution in [3.63, 3.8) is 0 Å². The highest BCUT2D eigenvalue weighted by Gasteiger charge is 2.16. The van der Waals surface area contributed by atoms with Crippen LogP contribution in [-0.2, 0) is 5.41 Å². The van der Waals surface area contributed by atoms with Crippen LogP contribution >= 0.6 is 11.8 Å². The molecule has 94 valence electrons. The van der Waals surface area contributed by atoms with Crippen molar-refractivity contribution in [2.45, 2.75) is 31.2 Å². The first kappa shape index (κ1) is 13.0. The van der Waals surface area contributed by atoms with Gasteiger partial charge >= 0.3 is 0 Å². The van der Waals surface area contributed by atoms with Gasteiger partial charge < -0.3 is 0 Å². The van der Waals surface area contributed by atoms with Crippen molar-refractivity contribution < 1.29 is 0 Å². The van der Waals surface area contributed by atoms with Gasteiger partial charge in [0.2, 0.25) is 0 Å². The second kappa shape index (κ2) is 5.06.